The van der Waals surface area contributed by atoms with E-state index in [0.29, 0.717) is 5.02 Å². The zero-order valence-electron chi connectivity index (χ0n) is 7.28. The molecule has 0 radical (unpaired) electrons. The molecule has 0 saturated carbocycles. The first-order chi connectivity index (χ1) is 6.20. The monoisotopic (exact) mass is 213 g/mol. The van der Waals surface area contributed by atoms with Crippen LogP contribution < -0.4 is 0 Å². The van der Waals surface area contributed by atoms with Gasteiger partial charge >= 0.3 is 0 Å². The van der Waals surface area contributed by atoms with Crippen molar-refractivity contribution in [1.82, 2.24) is 14.2 Å². The lowest BCUT2D eigenvalue weighted by atomic mass is 10.3. The average Bonchev–Trinajstić information content (AvgIpc) is 2.70. The van der Waals surface area contributed by atoms with Gasteiger partial charge in [0.15, 0.2) is 0 Å². The SMILES string of the molecule is Cc1c(Cl)c(-c2ccns2)nn1C. The largest absolute Gasteiger partial charge is 0.271 e. The molecular weight excluding hydrogens is 206 g/mol. The van der Waals surface area contributed by atoms with Crippen molar-refractivity contribution in [2.24, 2.45) is 7.05 Å². The normalized spacial score (nSPS) is 10.7. The van der Waals surface area contributed by atoms with Crippen LogP contribution >= 0.6 is 23.1 Å². The summed E-state index contributed by atoms with van der Waals surface area (Å²) in [6.07, 6.45) is 1.75. The summed E-state index contributed by atoms with van der Waals surface area (Å²) < 4.78 is 5.79. The molecule has 0 aliphatic carbocycles. The summed E-state index contributed by atoms with van der Waals surface area (Å²) in [7, 11) is 1.88. The van der Waals surface area contributed by atoms with E-state index in [0.717, 1.165) is 16.3 Å². The van der Waals surface area contributed by atoms with Crippen LogP contribution in [0, 0.1) is 6.92 Å². The molecule has 68 valence electrons. The summed E-state index contributed by atoms with van der Waals surface area (Å²) in [5, 5.41) is 5.02. The lowest BCUT2D eigenvalue weighted by Gasteiger charge is -1.89. The summed E-state index contributed by atoms with van der Waals surface area (Å²) in [5.74, 6) is 0. The molecule has 5 heteroatoms. The fourth-order valence-corrected chi connectivity index (χ4v) is 1.98. The maximum atomic E-state index is 6.10. The lowest BCUT2D eigenvalue weighted by molar-refractivity contribution is 0.743. The van der Waals surface area contributed by atoms with Gasteiger partial charge in [-0.15, -0.1) is 0 Å². The van der Waals surface area contributed by atoms with Gasteiger partial charge in [0, 0.05) is 13.2 Å². The molecule has 0 spiro atoms. The number of halogens is 1. The number of hydrogen-bond donors (Lipinski definition) is 0. The van der Waals surface area contributed by atoms with Gasteiger partial charge in [0.25, 0.3) is 0 Å². The highest BCUT2D eigenvalue weighted by Gasteiger charge is 2.13. The second-order valence-electron chi connectivity index (χ2n) is 2.75. The summed E-state index contributed by atoms with van der Waals surface area (Å²) in [5.41, 5.74) is 1.80. The molecule has 3 nitrogen and oxygen atoms in total. The minimum atomic E-state index is 0.715. The Hall–Kier alpha value is -0.870. The van der Waals surface area contributed by atoms with Crippen molar-refractivity contribution >= 4 is 23.1 Å². The van der Waals surface area contributed by atoms with Crippen LogP contribution in [0.1, 0.15) is 5.69 Å². The summed E-state index contributed by atoms with van der Waals surface area (Å²) in [4.78, 5) is 1.01. The first-order valence-electron chi connectivity index (χ1n) is 3.80. The van der Waals surface area contributed by atoms with E-state index in [1.54, 1.807) is 10.9 Å². The first-order valence-corrected chi connectivity index (χ1v) is 4.95. The number of hydrogen-bond acceptors (Lipinski definition) is 3. The van der Waals surface area contributed by atoms with Crippen LogP contribution in [0.4, 0.5) is 0 Å². The van der Waals surface area contributed by atoms with Gasteiger partial charge in [0.2, 0.25) is 0 Å². The van der Waals surface area contributed by atoms with E-state index in [4.69, 9.17) is 11.6 Å². The average molecular weight is 214 g/mol. The number of aryl methyl sites for hydroxylation is 1. The molecule has 2 aromatic heterocycles. The molecule has 0 aliphatic rings. The molecule has 0 atom stereocenters. The molecule has 0 unspecified atom stereocenters. The van der Waals surface area contributed by atoms with Gasteiger partial charge in [-0.05, 0) is 24.5 Å². The smallest absolute Gasteiger partial charge is 0.123 e. The Morgan fingerprint density at radius 3 is 2.77 bits per heavy atom. The maximum absolute atomic E-state index is 6.10. The molecule has 2 rings (SSSR count). The fourth-order valence-electron chi connectivity index (χ4n) is 1.08. The van der Waals surface area contributed by atoms with Crippen LogP contribution in [0.2, 0.25) is 5.02 Å². The van der Waals surface area contributed by atoms with Gasteiger partial charge in [0.05, 0.1) is 15.6 Å². The van der Waals surface area contributed by atoms with Gasteiger partial charge in [0.1, 0.15) is 5.69 Å². The minimum Gasteiger partial charge on any atom is -0.271 e. The van der Waals surface area contributed by atoms with Gasteiger partial charge in [-0.3, -0.25) is 4.68 Å². The Morgan fingerprint density at radius 1 is 1.54 bits per heavy atom. The quantitative estimate of drug-likeness (QED) is 0.729. The number of nitrogens with zero attached hydrogens (tertiary/aromatic N) is 3. The Bertz CT molecular complexity index is 419. The first kappa shape index (κ1) is 8.72. The van der Waals surface area contributed by atoms with Crippen molar-refractivity contribution in [3.05, 3.63) is 23.0 Å². The van der Waals surface area contributed by atoms with Crippen LogP contribution in [0.25, 0.3) is 10.6 Å². The van der Waals surface area contributed by atoms with E-state index in [2.05, 4.69) is 9.47 Å². The number of rotatable bonds is 1. The van der Waals surface area contributed by atoms with Crippen molar-refractivity contribution in [3.63, 3.8) is 0 Å². The van der Waals surface area contributed by atoms with Crippen LogP contribution in [0.3, 0.4) is 0 Å². The summed E-state index contributed by atoms with van der Waals surface area (Å²) in [6.45, 7) is 1.94. The topological polar surface area (TPSA) is 30.7 Å². The molecular formula is C8H8ClN3S. The zero-order valence-corrected chi connectivity index (χ0v) is 8.85. The van der Waals surface area contributed by atoms with Crippen LogP contribution in [-0.2, 0) is 7.05 Å². The molecule has 0 N–H and O–H groups in total. The lowest BCUT2D eigenvalue weighted by Crippen LogP contribution is -1.91. The molecule has 0 aliphatic heterocycles. The van der Waals surface area contributed by atoms with Crippen LogP contribution in [-0.4, -0.2) is 14.2 Å². The Balaban J connectivity index is 2.59. The maximum Gasteiger partial charge on any atom is 0.123 e. The summed E-state index contributed by atoms with van der Waals surface area (Å²) >= 11 is 7.50. The molecule has 0 bridgehead atoms. The fraction of sp³-hybridized carbons (Fsp3) is 0.250. The van der Waals surface area contributed by atoms with E-state index in [1.807, 2.05) is 20.0 Å². The van der Waals surface area contributed by atoms with Crippen LogP contribution in [0.5, 0.6) is 0 Å². The van der Waals surface area contributed by atoms with Crippen molar-refractivity contribution in [3.8, 4) is 10.6 Å². The summed E-state index contributed by atoms with van der Waals surface area (Å²) in [6, 6.07) is 1.92. The molecule has 0 fully saturated rings. The van der Waals surface area contributed by atoms with Gasteiger partial charge in [-0.2, -0.15) is 5.10 Å². The molecule has 0 amide bonds. The van der Waals surface area contributed by atoms with Crippen molar-refractivity contribution < 1.29 is 0 Å². The minimum absolute atomic E-state index is 0.715. The predicted octanol–water partition coefficient (Wildman–Crippen LogP) is 2.51. The second kappa shape index (κ2) is 3.12. The highest BCUT2D eigenvalue weighted by Crippen LogP contribution is 2.30. The van der Waals surface area contributed by atoms with E-state index in [9.17, 15) is 0 Å². The van der Waals surface area contributed by atoms with Crippen LogP contribution in [0.15, 0.2) is 12.3 Å². The van der Waals surface area contributed by atoms with Crippen molar-refractivity contribution in [2.75, 3.05) is 0 Å². The molecule has 0 saturated heterocycles. The van der Waals surface area contributed by atoms with Gasteiger partial charge in [-0.1, -0.05) is 11.6 Å². The Kier molecular flexibility index (Phi) is 2.09. The van der Waals surface area contributed by atoms with Crippen molar-refractivity contribution in [2.45, 2.75) is 6.92 Å². The molecule has 13 heavy (non-hydrogen) atoms. The molecule has 0 aromatic carbocycles. The third-order valence-corrected chi connectivity index (χ3v) is 3.14. The highest BCUT2D eigenvalue weighted by atomic mass is 35.5. The molecule has 2 aromatic rings. The molecule has 2 heterocycles. The van der Waals surface area contributed by atoms with Crippen molar-refractivity contribution in [1.29, 1.82) is 0 Å². The predicted molar refractivity (Wildman–Crippen MR) is 54.1 cm³/mol. The van der Waals surface area contributed by atoms with Gasteiger partial charge in [-0.25, -0.2) is 4.37 Å². The number of aromatic nitrogens is 3. The zero-order chi connectivity index (χ0) is 9.42. The second-order valence-corrected chi connectivity index (χ2v) is 3.96. The third-order valence-electron chi connectivity index (χ3n) is 1.93. The Labute approximate surface area is 85.1 Å². The van der Waals surface area contributed by atoms with E-state index >= 15 is 0 Å². The Morgan fingerprint density at radius 2 is 2.31 bits per heavy atom. The highest BCUT2D eigenvalue weighted by molar-refractivity contribution is 7.09. The van der Waals surface area contributed by atoms with E-state index in [-0.39, 0.29) is 0 Å². The van der Waals surface area contributed by atoms with E-state index < -0.39 is 0 Å². The third kappa shape index (κ3) is 1.36. The van der Waals surface area contributed by atoms with Gasteiger partial charge < -0.3 is 0 Å². The van der Waals surface area contributed by atoms with E-state index in [1.165, 1.54) is 11.5 Å². The standard InChI is InChI=1S/C8H8ClN3S/c1-5-7(9)8(11-12(5)2)6-3-4-10-13-6/h3-4H,1-2H3.